The van der Waals surface area contributed by atoms with Crippen LogP contribution < -0.4 is 15.4 Å². The summed E-state index contributed by atoms with van der Waals surface area (Å²) >= 11 is 7.82. The van der Waals surface area contributed by atoms with Gasteiger partial charge in [-0.15, -0.1) is 23.4 Å². The number of halogens is 1. The van der Waals surface area contributed by atoms with Gasteiger partial charge in [-0.3, -0.25) is 4.79 Å². The predicted molar refractivity (Wildman–Crippen MR) is 143 cm³/mol. The second kappa shape index (κ2) is 12.2. The number of ether oxygens (including phenoxy) is 3. The number of methoxy groups -OCH3 is 1. The first-order valence-corrected chi connectivity index (χ1v) is 14.3. The Balaban J connectivity index is 1.45. The molecule has 3 heterocycles. The third-order valence-electron chi connectivity index (χ3n) is 7.62. The first kappa shape index (κ1) is 28.6. The lowest BCUT2D eigenvalue weighted by atomic mass is 9.84. The normalized spacial score (nSPS) is 35.6. The van der Waals surface area contributed by atoms with Crippen molar-refractivity contribution in [3.8, 4) is 5.75 Å². The standard InChI is InChI=1S/C26H37ClN2O7S/c1-14(27)20(23-24(31)26(33,13-30)11-19(36-23)37-3)29-25(32)21-22-17(12-28-21)10-16(8-9-35-22)15-4-6-18(34-2)7-5-15/h4-8,14,17,19-24,28,30-31,33H,9-13H2,1-3H3,(H,29,32)/t14-,17-,19?,20+,21-,22+,23+,24?,26?/m0/s1. The van der Waals surface area contributed by atoms with E-state index in [1.165, 1.54) is 11.8 Å². The van der Waals surface area contributed by atoms with Crippen LogP contribution in [-0.2, 0) is 14.3 Å². The van der Waals surface area contributed by atoms with Gasteiger partial charge in [-0.1, -0.05) is 18.2 Å². The number of aliphatic hydroxyl groups is 3. The van der Waals surface area contributed by atoms with E-state index in [1.807, 2.05) is 30.5 Å². The number of carbonyl (C=O) groups is 1. The first-order chi connectivity index (χ1) is 17.7. The number of aliphatic hydroxyl groups excluding tert-OH is 2. The lowest BCUT2D eigenvalue weighted by Crippen LogP contribution is -2.66. The van der Waals surface area contributed by atoms with Gasteiger partial charge in [0.15, 0.2) is 0 Å². The molecular weight excluding hydrogens is 520 g/mol. The van der Waals surface area contributed by atoms with Gasteiger partial charge in [-0.2, -0.15) is 0 Å². The Bertz CT molecular complexity index is 965. The molecule has 37 heavy (non-hydrogen) atoms. The highest BCUT2D eigenvalue weighted by Gasteiger charge is 2.52. The van der Waals surface area contributed by atoms with Crippen molar-refractivity contribution in [3.63, 3.8) is 0 Å². The van der Waals surface area contributed by atoms with Crippen molar-refractivity contribution in [3.05, 3.63) is 35.9 Å². The SMILES string of the molecule is COc1ccc(C2=CCO[C@@H]3[C@H](CN[C@@H]3C(=O)N[C@H]([C@H](C)Cl)[C@H]3OC(SC)CC(O)(CO)C3O)C2)cc1. The average molecular weight is 557 g/mol. The van der Waals surface area contributed by atoms with Crippen molar-refractivity contribution in [1.29, 1.82) is 0 Å². The Morgan fingerprint density at radius 1 is 1.38 bits per heavy atom. The lowest BCUT2D eigenvalue weighted by Gasteiger charge is -2.47. The third kappa shape index (κ3) is 6.12. The molecule has 206 valence electrons. The molecule has 0 spiro atoms. The second-order valence-electron chi connectivity index (χ2n) is 9.99. The summed E-state index contributed by atoms with van der Waals surface area (Å²) in [7, 11) is 1.64. The molecule has 3 aliphatic heterocycles. The second-order valence-corrected chi connectivity index (χ2v) is 11.7. The van der Waals surface area contributed by atoms with Crippen LogP contribution in [0.3, 0.4) is 0 Å². The number of benzene rings is 1. The van der Waals surface area contributed by atoms with Crippen molar-refractivity contribution in [2.24, 2.45) is 5.92 Å². The zero-order valence-electron chi connectivity index (χ0n) is 21.3. The molecule has 1 aromatic carbocycles. The molecule has 0 radical (unpaired) electrons. The highest BCUT2D eigenvalue weighted by atomic mass is 35.5. The van der Waals surface area contributed by atoms with Gasteiger partial charge >= 0.3 is 0 Å². The quantitative estimate of drug-likeness (QED) is 0.299. The molecule has 5 N–H and O–H groups in total. The molecule has 0 bridgehead atoms. The molecule has 3 unspecified atom stereocenters. The number of thioether (sulfide) groups is 1. The molecule has 0 saturated carbocycles. The monoisotopic (exact) mass is 556 g/mol. The molecule has 2 fully saturated rings. The predicted octanol–water partition coefficient (Wildman–Crippen LogP) is 1.13. The van der Waals surface area contributed by atoms with Crippen LogP contribution in [-0.4, -0.2) is 101 Å². The first-order valence-electron chi connectivity index (χ1n) is 12.5. The van der Waals surface area contributed by atoms with Crippen LogP contribution >= 0.6 is 23.4 Å². The van der Waals surface area contributed by atoms with Crippen LogP contribution in [0.4, 0.5) is 0 Å². The van der Waals surface area contributed by atoms with Crippen molar-refractivity contribution in [1.82, 2.24) is 10.6 Å². The molecule has 0 aromatic heterocycles. The van der Waals surface area contributed by atoms with Crippen molar-refractivity contribution in [2.75, 3.05) is 33.1 Å². The Morgan fingerprint density at radius 2 is 2.11 bits per heavy atom. The topological polar surface area (TPSA) is 130 Å². The summed E-state index contributed by atoms with van der Waals surface area (Å²) < 4.78 is 17.4. The fourth-order valence-corrected chi connectivity index (χ4v) is 6.32. The van der Waals surface area contributed by atoms with Crippen LogP contribution in [0.5, 0.6) is 5.75 Å². The molecule has 4 rings (SSSR count). The number of alkyl halides is 1. The summed E-state index contributed by atoms with van der Waals surface area (Å²) in [6.07, 6.45) is 1.91. The number of hydrogen-bond acceptors (Lipinski definition) is 9. The molecule has 2 saturated heterocycles. The van der Waals surface area contributed by atoms with Crippen LogP contribution in [0.15, 0.2) is 30.3 Å². The summed E-state index contributed by atoms with van der Waals surface area (Å²) in [6.45, 7) is 2.06. The number of nitrogens with one attached hydrogen (secondary N) is 2. The van der Waals surface area contributed by atoms with Crippen LogP contribution in [0.2, 0.25) is 0 Å². The summed E-state index contributed by atoms with van der Waals surface area (Å²) in [6, 6.07) is 6.48. The van der Waals surface area contributed by atoms with E-state index < -0.39 is 47.3 Å². The van der Waals surface area contributed by atoms with Crippen molar-refractivity contribution >= 4 is 34.8 Å². The summed E-state index contributed by atoms with van der Waals surface area (Å²) in [5.41, 5.74) is 0.0326. The molecule has 1 amide bonds. The minimum absolute atomic E-state index is 0.0605. The minimum Gasteiger partial charge on any atom is -0.497 e. The molecule has 9 nitrogen and oxygen atoms in total. The Morgan fingerprint density at radius 3 is 2.73 bits per heavy atom. The highest BCUT2D eigenvalue weighted by molar-refractivity contribution is 7.99. The number of allylic oxidation sites excluding steroid dienone is 1. The highest BCUT2D eigenvalue weighted by Crippen LogP contribution is 2.37. The Labute approximate surface area is 226 Å². The zero-order valence-corrected chi connectivity index (χ0v) is 22.9. The largest absolute Gasteiger partial charge is 0.497 e. The van der Waals surface area contributed by atoms with Gasteiger partial charge in [0.05, 0.1) is 37.8 Å². The smallest absolute Gasteiger partial charge is 0.240 e. The minimum atomic E-state index is -1.75. The van der Waals surface area contributed by atoms with Gasteiger partial charge in [-0.25, -0.2) is 0 Å². The lowest BCUT2D eigenvalue weighted by molar-refractivity contribution is -0.216. The van der Waals surface area contributed by atoms with E-state index in [1.54, 1.807) is 14.0 Å². The van der Waals surface area contributed by atoms with Crippen LogP contribution in [0, 0.1) is 5.92 Å². The fourth-order valence-electron chi connectivity index (χ4n) is 5.42. The van der Waals surface area contributed by atoms with Crippen LogP contribution in [0.25, 0.3) is 5.57 Å². The molecule has 3 aliphatic rings. The van der Waals surface area contributed by atoms with Gasteiger partial charge < -0.3 is 40.2 Å². The summed E-state index contributed by atoms with van der Waals surface area (Å²) in [5, 5.41) is 37.1. The van der Waals surface area contributed by atoms with Crippen molar-refractivity contribution in [2.45, 2.75) is 66.6 Å². The third-order valence-corrected chi connectivity index (χ3v) is 8.70. The average Bonchev–Trinajstić information content (AvgIpc) is 3.18. The van der Waals surface area contributed by atoms with E-state index in [9.17, 15) is 20.1 Å². The molecule has 0 aliphatic carbocycles. The Kier molecular flexibility index (Phi) is 9.45. The van der Waals surface area contributed by atoms with E-state index in [0.29, 0.717) is 13.2 Å². The Hall–Kier alpha value is -1.37. The number of rotatable bonds is 8. The van der Waals surface area contributed by atoms with E-state index in [4.69, 9.17) is 25.8 Å². The molecule has 1 aromatic rings. The van der Waals surface area contributed by atoms with Crippen LogP contribution in [0.1, 0.15) is 25.3 Å². The van der Waals surface area contributed by atoms with Crippen molar-refractivity contribution < 1.29 is 34.3 Å². The van der Waals surface area contributed by atoms with E-state index in [0.717, 1.165) is 23.3 Å². The maximum atomic E-state index is 13.5. The number of fused-ring (bicyclic) bond motifs is 1. The summed E-state index contributed by atoms with van der Waals surface area (Å²) in [5.74, 6) is 0.575. The molecular formula is C26H37ClN2O7S. The zero-order chi connectivity index (χ0) is 26.7. The van der Waals surface area contributed by atoms with Gasteiger partial charge in [0.2, 0.25) is 5.91 Å². The molecule has 11 heteroatoms. The fraction of sp³-hybridized carbons (Fsp3) is 0.654. The van der Waals surface area contributed by atoms with E-state index in [-0.39, 0.29) is 24.3 Å². The number of amides is 1. The van der Waals surface area contributed by atoms with E-state index in [2.05, 4.69) is 16.7 Å². The van der Waals surface area contributed by atoms with Gasteiger partial charge in [0.25, 0.3) is 0 Å². The maximum Gasteiger partial charge on any atom is 0.240 e. The van der Waals surface area contributed by atoms with E-state index >= 15 is 0 Å². The number of carbonyl (C=O) groups excluding carboxylic acids is 1. The van der Waals surface area contributed by atoms with Gasteiger partial charge in [0.1, 0.15) is 35.0 Å². The van der Waals surface area contributed by atoms with Gasteiger partial charge in [-0.05, 0) is 42.9 Å². The molecule has 9 atom stereocenters. The number of hydrogen-bond donors (Lipinski definition) is 5. The summed E-state index contributed by atoms with van der Waals surface area (Å²) in [4.78, 5) is 13.5. The van der Waals surface area contributed by atoms with Gasteiger partial charge in [0, 0.05) is 18.9 Å². The maximum absolute atomic E-state index is 13.5.